The summed E-state index contributed by atoms with van der Waals surface area (Å²) in [6.07, 6.45) is -2.37. The molecule has 16 nitrogen and oxygen atoms in total. The molecule has 1 saturated heterocycles. The maximum atomic E-state index is 13.1. The van der Waals surface area contributed by atoms with Gasteiger partial charge in [0.2, 0.25) is 5.88 Å². The third-order valence-corrected chi connectivity index (χ3v) is 8.91. The molecule has 0 radical (unpaired) electrons. The minimum Gasteiger partial charge on any atom is -0.488 e. The van der Waals surface area contributed by atoms with Gasteiger partial charge >= 0.3 is 17.8 Å². The SMILES string of the molecule is Cn1nc(O)c(=O)nc1SCC1=C(OC(=O)O)N2C(=O)C(NC(=O)C(=CCl)c3csc(NC(=O)OC(C)(C)C)n3)[C@@H]2SC1. The van der Waals surface area contributed by atoms with Crippen LogP contribution in [0.5, 0.6) is 5.88 Å². The highest BCUT2D eigenvalue weighted by molar-refractivity contribution is 8.01. The van der Waals surface area contributed by atoms with Gasteiger partial charge in [-0.2, -0.15) is 4.98 Å². The van der Waals surface area contributed by atoms with Crippen LogP contribution in [0.2, 0.25) is 0 Å². The molecule has 0 spiro atoms. The number of nitrogens with one attached hydrogen (secondary N) is 2. The number of aromatic nitrogens is 4. The second-order valence-electron chi connectivity index (χ2n) is 9.76. The number of carbonyl (C=O) groups excluding carboxylic acids is 3. The summed E-state index contributed by atoms with van der Waals surface area (Å²) < 4.78 is 11.3. The molecule has 4 rings (SSSR count). The molecule has 20 heteroatoms. The zero-order valence-corrected chi connectivity index (χ0v) is 26.0. The average Bonchev–Trinajstić information content (AvgIpc) is 3.35. The number of ether oxygens (including phenoxy) is 2. The number of aryl methyl sites for hydroxylation is 1. The first-order valence-electron chi connectivity index (χ1n) is 12.1. The van der Waals surface area contributed by atoms with Gasteiger partial charge in [-0.1, -0.05) is 23.4 Å². The van der Waals surface area contributed by atoms with Crippen molar-refractivity contribution in [2.24, 2.45) is 7.05 Å². The Morgan fingerprint density at radius 3 is 2.65 bits per heavy atom. The molecule has 1 unspecified atom stereocenters. The van der Waals surface area contributed by atoms with Crippen LogP contribution in [0.1, 0.15) is 26.5 Å². The minimum atomic E-state index is -1.65. The summed E-state index contributed by atoms with van der Waals surface area (Å²) in [5.41, 5.74) is -0.171. The number of carbonyl (C=O) groups is 4. The monoisotopic (exact) mass is 673 g/mol. The van der Waals surface area contributed by atoms with E-state index in [1.54, 1.807) is 20.8 Å². The lowest BCUT2D eigenvalue weighted by Gasteiger charge is -2.49. The fraction of sp³-hybridized carbons (Fsp3) is 0.391. The standard InChI is InChI=1S/C23H24ClN7O9S3/c1-23(2,3)40-21(36)28-19-25-11(8-42-19)10(5-24)13(32)26-12-16(35)31-17(39-22(37)38)9(6-41-18(12)31)7-43-20-27-14(33)15(34)29-30(20)4/h5,8,12,18H,6-7H2,1-4H3,(H,26,32)(H,29,34)(H,37,38)(H,25,28,36)/t12?,18-/m0/s1. The van der Waals surface area contributed by atoms with Crippen molar-refractivity contribution in [3.05, 3.63) is 38.4 Å². The normalized spacial score (nSPS) is 18.5. The number of aromatic hydroxyl groups is 1. The summed E-state index contributed by atoms with van der Waals surface area (Å²) in [4.78, 5) is 70.4. The number of thiazole rings is 1. The maximum Gasteiger partial charge on any atom is 0.512 e. The van der Waals surface area contributed by atoms with Crippen LogP contribution in [0.25, 0.3) is 5.57 Å². The van der Waals surface area contributed by atoms with Crippen molar-refractivity contribution in [1.82, 2.24) is 30.0 Å². The van der Waals surface area contributed by atoms with E-state index in [9.17, 15) is 34.2 Å². The van der Waals surface area contributed by atoms with E-state index in [0.29, 0.717) is 5.57 Å². The minimum absolute atomic E-state index is 0.0718. The summed E-state index contributed by atoms with van der Waals surface area (Å²) in [5, 5.41) is 28.6. The first-order chi connectivity index (χ1) is 20.2. The Morgan fingerprint density at radius 2 is 2.00 bits per heavy atom. The Bertz CT molecular complexity index is 1600. The number of anilines is 1. The fourth-order valence-corrected chi connectivity index (χ4v) is 6.97. The first kappa shape index (κ1) is 32.1. The quantitative estimate of drug-likeness (QED) is 0.137. The molecule has 4 N–H and O–H groups in total. The van der Waals surface area contributed by atoms with Crippen molar-refractivity contribution in [2.45, 2.75) is 42.9 Å². The van der Waals surface area contributed by atoms with E-state index in [0.717, 1.165) is 33.5 Å². The van der Waals surface area contributed by atoms with Crippen LogP contribution < -0.4 is 16.2 Å². The van der Waals surface area contributed by atoms with Gasteiger partial charge in [0.05, 0.1) is 11.3 Å². The van der Waals surface area contributed by atoms with E-state index in [-0.39, 0.29) is 38.9 Å². The molecule has 0 aromatic carbocycles. The Morgan fingerprint density at radius 1 is 1.28 bits per heavy atom. The molecule has 4 heterocycles. The highest BCUT2D eigenvalue weighted by Crippen LogP contribution is 2.42. The largest absolute Gasteiger partial charge is 0.512 e. The molecule has 0 saturated carbocycles. The molecule has 2 aromatic heterocycles. The Kier molecular flexibility index (Phi) is 9.57. The van der Waals surface area contributed by atoms with Crippen LogP contribution in [0.4, 0.5) is 14.7 Å². The molecule has 0 bridgehead atoms. The summed E-state index contributed by atoms with van der Waals surface area (Å²) in [6.45, 7) is 5.11. The lowest BCUT2D eigenvalue weighted by Crippen LogP contribution is -2.70. The van der Waals surface area contributed by atoms with Gasteiger partial charge in [-0.05, 0) is 20.8 Å². The van der Waals surface area contributed by atoms with Crippen LogP contribution in [-0.2, 0) is 26.1 Å². The predicted molar refractivity (Wildman–Crippen MR) is 157 cm³/mol. The number of hydrogen-bond donors (Lipinski definition) is 4. The fourth-order valence-electron chi connectivity index (χ4n) is 3.71. The zero-order valence-electron chi connectivity index (χ0n) is 22.8. The highest BCUT2D eigenvalue weighted by atomic mass is 35.5. The van der Waals surface area contributed by atoms with Crippen LogP contribution >= 0.6 is 46.5 Å². The number of amides is 3. The second-order valence-corrected chi connectivity index (χ2v) is 12.9. The van der Waals surface area contributed by atoms with Gasteiger partial charge in [0.1, 0.15) is 17.0 Å². The number of thioether (sulfide) groups is 2. The third kappa shape index (κ3) is 7.40. The van der Waals surface area contributed by atoms with Crippen molar-refractivity contribution >= 4 is 81.2 Å². The van der Waals surface area contributed by atoms with Crippen LogP contribution in [-0.4, -0.2) is 87.4 Å². The van der Waals surface area contributed by atoms with E-state index in [1.807, 2.05) is 0 Å². The lowest BCUT2D eigenvalue weighted by atomic mass is 10.1. The van der Waals surface area contributed by atoms with E-state index in [4.69, 9.17) is 21.1 Å². The molecule has 2 aliphatic heterocycles. The van der Waals surface area contributed by atoms with E-state index in [1.165, 1.54) is 28.9 Å². The van der Waals surface area contributed by atoms with E-state index >= 15 is 0 Å². The maximum absolute atomic E-state index is 13.1. The third-order valence-electron chi connectivity index (χ3n) is 5.49. The lowest BCUT2D eigenvalue weighted by molar-refractivity contribution is -0.148. The Labute approximate surface area is 260 Å². The molecular formula is C23H24ClN7O9S3. The number of fused-ring (bicyclic) bond motifs is 1. The summed E-state index contributed by atoms with van der Waals surface area (Å²) in [6, 6.07) is -1.03. The van der Waals surface area contributed by atoms with Crippen LogP contribution in [0.3, 0.4) is 0 Å². The highest BCUT2D eigenvalue weighted by Gasteiger charge is 2.54. The Hall–Kier alpha value is -3.81. The van der Waals surface area contributed by atoms with Crippen molar-refractivity contribution < 1.29 is 38.9 Å². The molecule has 0 aliphatic carbocycles. The van der Waals surface area contributed by atoms with Crippen molar-refractivity contribution in [3.63, 3.8) is 0 Å². The van der Waals surface area contributed by atoms with E-state index < -0.39 is 52.5 Å². The van der Waals surface area contributed by atoms with Crippen LogP contribution in [0.15, 0.2) is 32.3 Å². The van der Waals surface area contributed by atoms with Crippen molar-refractivity contribution in [2.75, 3.05) is 16.8 Å². The average molecular weight is 674 g/mol. The zero-order chi connectivity index (χ0) is 31.6. The smallest absolute Gasteiger partial charge is 0.488 e. The second kappa shape index (κ2) is 12.8. The molecule has 1 fully saturated rings. The van der Waals surface area contributed by atoms with Crippen LogP contribution in [0, 0.1) is 0 Å². The molecule has 2 aromatic rings. The van der Waals surface area contributed by atoms with Crippen molar-refractivity contribution in [1.29, 1.82) is 0 Å². The molecular weight excluding hydrogens is 650 g/mol. The number of nitrogens with zero attached hydrogens (tertiary/aromatic N) is 5. The summed E-state index contributed by atoms with van der Waals surface area (Å²) in [5.74, 6) is -2.02. The van der Waals surface area contributed by atoms with Gasteiger partial charge in [-0.25, -0.2) is 19.3 Å². The van der Waals surface area contributed by atoms with Gasteiger partial charge in [0.25, 0.3) is 17.7 Å². The number of carboxylic acid groups (broad SMARTS) is 1. The van der Waals surface area contributed by atoms with Gasteiger partial charge in [-0.15, -0.1) is 28.2 Å². The predicted octanol–water partition coefficient (Wildman–Crippen LogP) is 2.36. The van der Waals surface area contributed by atoms with Gasteiger partial charge in [0.15, 0.2) is 10.3 Å². The number of halogens is 1. The molecule has 2 atom stereocenters. The number of β-lactam (4-membered cyclic amide) rings is 1. The Balaban J connectivity index is 1.45. The van der Waals surface area contributed by atoms with Gasteiger partial charge < -0.3 is 25.0 Å². The topological polar surface area (TPSA) is 215 Å². The van der Waals surface area contributed by atoms with E-state index in [2.05, 4.69) is 25.7 Å². The molecule has 230 valence electrons. The molecule has 2 aliphatic rings. The number of rotatable bonds is 8. The molecule has 43 heavy (non-hydrogen) atoms. The van der Waals surface area contributed by atoms with Gasteiger partial charge in [-0.3, -0.25) is 24.6 Å². The number of hydrogen-bond acceptors (Lipinski definition) is 14. The summed E-state index contributed by atoms with van der Waals surface area (Å²) in [7, 11) is 1.46. The first-order valence-corrected chi connectivity index (χ1v) is 15.4. The van der Waals surface area contributed by atoms with Crippen molar-refractivity contribution in [3.8, 4) is 5.88 Å². The van der Waals surface area contributed by atoms with Gasteiger partial charge in [0, 0.05) is 35.0 Å². The molecule has 3 amide bonds. The summed E-state index contributed by atoms with van der Waals surface area (Å²) >= 11 is 9.23.